The molecule has 0 bridgehead atoms. The molecule has 1 aliphatic rings. The Morgan fingerprint density at radius 2 is 1.92 bits per heavy atom. The van der Waals surface area contributed by atoms with Crippen molar-refractivity contribution < 1.29 is 4.39 Å². The van der Waals surface area contributed by atoms with Gasteiger partial charge in [-0.25, -0.2) is 4.39 Å². The summed E-state index contributed by atoms with van der Waals surface area (Å²) in [5.74, 6) is 0.506. The van der Waals surface area contributed by atoms with Crippen LogP contribution >= 0.6 is 15.9 Å². The summed E-state index contributed by atoms with van der Waals surface area (Å²) in [7, 11) is 1.76. The zero-order valence-corrected chi connectivity index (χ0v) is 16.5. The number of hydrogen-bond acceptors (Lipinski definition) is 2. The largest absolute Gasteiger partial charge is 0.371 e. The van der Waals surface area contributed by atoms with Crippen LogP contribution in [-0.4, -0.2) is 32.1 Å². The van der Waals surface area contributed by atoms with Crippen LogP contribution in [0.1, 0.15) is 18.4 Å². The van der Waals surface area contributed by atoms with Gasteiger partial charge in [0.05, 0.1) is 4.47 Å². The standard InChI is InChI=1S/C20H24BrFN4/c1-23-20(24-14-15-7-8-18(21)19(22)13-15)25-16-9-11-26(12-10-16)17-5-3-2-4-6-17/h2-8,13,16H,9-12,14H2,1H3,(H2,23,24,25). The van der Waals surface area contributed by atoms with Gasteiger partial charge >= 0.3 is 0 Å². The number of rotatable bonds is 4. The first-order valence-electron chi connectivity index (χ1n) is 8.87. The van der Waals surface area contributed by atoms with Gasteiger partial charge in [0.15, 0.2) is 5.96 Å². The highest BCUT2D eigenvalue weighted by Gasteiger charge is 2.20. The lowest BCUT2D eigenvalue weighted by atomic mass is 10.0. The zero-order valence-electron chi connectivity index (χ0n) is 14.9. The SMILES string of the molecule is CN=C(NCc1ccc(Br)c(F)c1)NC1CCN(c2ccccc2)CC1. The molecule has 0 unspecified atom stereocenters. The van der Waals surface area contributed by atoms with Crippen molar-refractivity contribution in [2.75, 3.05) is 25.0 Å². The minimum atomic E-state index is -0.250. The number of hydrogen-bond donors (Lipinski definition) is 2. The van der Waals surface area contributed by atoms with Gasteiger partial charge in [0.25, 0.3) is 0 Å². The summed E-state index contributed by atoms with van der Waals surface area (Å²) >= 11 is 3.18. The maximum Gasteiger partial charge on any atom is 0.191 e. The van der Waals surface area contributed by atoms with Crippen molar-refractivity contribution in [1.29, 1.82) is 0 Å². The van der Waals surface area contributed by atoms with Crippen molar-refractivity contribution in [2.24, 2.45) is 4.99 Å². The molecular weight excluding hydrogens is 395 g/mol. The van der Waals surface area contributed by atoms with Crippen LogP contribution in [0.3, 0.4) is 0 Å². The summed E-state index contributed by atoms with van der Waals surface area (Å²) in [6.07, 6.45) is 2.12. The summed E-state index contributed by atoms with van der Waals surface area (Å²) in [6.45, 7) is 2.58. The van der Waals surface area contributed by atoms with Crippen molar-refractivity contribution in [1.82, 2.24) is 10.6 Å². The molecule has 3 rings (SSSR count). The molecule has 0 radical (unpaired) electrons. The summed E-state index contributed by atoms with van der Waals surface area (Å²) in [4.78, 5) is 6.71. The van der Waals surface area contributed by atoms with Crippen LogP contribution < -0.4 is 15.5 Å². The van der Waals surface area contributed by atoms with Gasteiger partial charge in [-0.1, -0.05) is 24.3 Å². The third kappa shape index (κ3) is 4.97. The van der Waals surface area contributed by atoms with Gasteiger partial charge in [0, 0.05) is 38.4 Å². The fourth-order valence-corrected chi connectivity index (χ4v) is 3.39. The molecule has 0 aromatic heterocycles. The van der Waals surface area contributed by atoms with E-state index in [4.69, 9.17) is 0 Å². The van der Waals surface area contributed by atoms with Crippen LogP contribution in [0.5, 0.6) is 0 Å². The van der Waals surface area contributed by atoms with E-state index in [-0.39, 0.29) is 5.82 Å². The molecule has 4 nitrogen and oxygen atoms in total. The normalized spacial score (nSPS) is 15.8. The molecule has 138 valence electrons. The van der Waals surface area contributed by atoms with E-state index in [1.807, 2.05) is 12.1 Å². The lowest BCUT2D eigenvalue weighted by Crippen LogP contribution is -2.48. The Labute approximate surface area is 162 Å². The predicted molar refractivity (Wildman–Crippen MR) is 109 cm³/mol. The first-order valence-corrected chi connectivity index (χ1v) is 9.66. The van der Waals surface area contributed by atoms with E-state index in [0.29, 0.717) is 17.1 Å². The number of benzene rings is 2. The Morgan fingerprint density at radius 3 is 2.58 bits per heavy atom. The van der Waals surface area contributed by atoms with Gasteiger partial charge in [-0.05, 0) is 58.6 Å². The fraction of sp³-hybridized carbons (Fsp3) is 0.350. The van der Waals surface area contributed by atoms with Gasteiger partial charge in [0.2, 0.25) is 0 Å². The lowest BCUT2D eigenvalue weighted by Gasteiger charge is -2.34. The molecular formula is C20H24BrFN4. The topological polar surface area (TPSA) is 39.7 Å². The molecule has 2 N–H and O–H groups in total. The average molecular weight is 419 g/mol. The monoisotopic (exact) mass is 418 g/mol. The van der Waals surface area contributed by atoms with Crippen molar-refractivity contribution in [3.63, 3.8) is 0 Å². The number of guanidine groups is 1. The second-order valence-electron chi connectivity index (χ2n) is 6.42. The quantitative estimate of drug-likeness (QED) is 0.583. The molecule has 0 saturated carbocycles. The Hall–Kier alpha value is -2.08. The second-order valence-corrected chi connectivity index (χ2v) is 7.27. The summed E-state index contributed by atoms with van der Waals surface area (Å²) in [5, 5.41) is 6.75. The summed E-state index contributed by atoms with van der Waals surface area (Å²) in [6, 6.07) is 16.1. The van der Waals surface area contributed by atoms with E-state index < -0.39 is 0 Å². The minimum absolute atomic E-state index is 0.250. The van der Waals surface area contributed by atoms with Crippen LogP contribution in [0, 0.1) is 5.82 Å². The fourth-order valence-electron chi connectivity index (χ4n) is 3.14. The van der Waals surface area contributed by atoms with E-state index >= 15 is 0 Å². The Balaban J connectivity index is 1.47. The van der Waals surface area contributed by atoms with E-state index in [0.717, 1.165) is 37.5 Å². The molecule has 2 aromatic rings. The molecule has 6 heteroatoms. The van der Waals surface area contributed by atoms with E-state index in [1.54, 1.807) is 13.1 Å². The minimum Gasteiger partial charge on any atom is -0.371 e. The van der Waals surface area contributed by atoms with Crippen LogP contribution in [0.25, 0.3) is 0 Å². The first-order chi connectivity index (χ1) is 12.7. The van der Waals surface area contributed by atoms with Crippen LogP contribution in [0.4, 0.5) is 10.1 Å². The van der Waals surface area contributed by atoms with Gasteiger partial charge < -0.3 is 15.5 Å². The van der Waals surface area contributed by atoms with Crippen molar-refractivity contribution >= 4 is 27.6 Å². The molecule has 1 heterocycles. The Bertz CT molecular complexity index is 743. The molecule has 0 atom stereocenters. The van der Waals surface area contributed by atoms with E-state index in [9.17, 15) is 4.39 Å². The molecule has 26 heavy (non-hydrogen) atoms. The maximum atomic E-state index is 13.6. The number of para-hydroxylation sites is 1. The van der Waals surface area contributed by atoms with Crippen molar-refractivity contribution in [3.8, 4) is 0 Å². The smallest absolute Gasteiger partial charge is 0.191 e. The van der Waals surface area contributed by atoms with Crippen LogP contribution in [0.2, 0.25) is 0 Å². The number of aliphatic imine (C=N–C) groups is 1. The van der Waals surface area contributed by atoms with Crippen molar-refractivity contribution in [3.05, 3.63) is 64.4 Å². The molecule has 0 spiro atoms. The lowest BCUT2D eigenvalue weighted by molar-refractivity contribution is 0.461. The highest BCUT2D eigenvalue weighted by molar-refractivity contribution is 9.10. The Kier molecular flexibility index (Phi) is 6.50. The average Bonchev–Trinajstić information content (AvgIpc) is 2.69. The maximum absolute atomic E-state index is 13.6. The van der Waals surface area contributed by atoms with Gasteiger partial charge in [0.1, 0.15) is 5.82 Å². The second kappa shape index (κ2) is 9.03. The molecule has 2 aromatic carbocycles. The third-order valence-electron chi connectivity index (χ3n) is 4.62. The summed E-state index contributed by atoms with van der Waals surface area (Å²) in [5.41, 5.74) is 2.17. The molecule has 0 amide bonds. The number of anilines is 1. The zero-order chi connectivity index (χ0) is 18.4. The highest BCUT2D eigenvalue weighted by Crippen LogP contribution is 2.19. The number of nitrogens with one attached hydrogen (secondary N) is 2. The summed E-state index contributed by atoms with van der Waals surface area (Å²) < 4.78 is 14.1. The van der Waals surface area contributed by atoms with Gasteiger partial charge in [-0.3, -0.25) is 4.99 Å². The number of nitrogens with zero attached hydrogens (tertiary/aromatic N) is 2. The van der Waals surface area contributed by atoms with E-state index in [2.05, 4.69) is 60.7 Å². The third-order valence-corrected chi connectivity index (χ3v) is 5.27. The number of piperidine rings is 1. The number of halogens is 2. The van der Waals surface area contributed by atoms with Crippen LogP contribution in [0.15, 0.2) is 58.0 Å². The Morgan fingerprint density at radius 1 is 1.19 bits per heavy atom. The van der Waals surface area contributed by atoms with Gasteiger partial charge in [-0.2, -0.15) is 0 Å². The van der Waals surface area contributed by atoms with E-state index in [1.165, 1.54) is 11.8 Å². The molecule has 1 aliphatic heterocycles. The highest BCUT2D eigenvalue weighted by atomic mass is 79.9. The van der Waals surface area contributed by atoms with Gasteiger partial charge in [-0.15, -0.1) is 0 Å². The van der Waals surface area contributed by atoms with Crippen molar-refractivity contribution in [2.45, 2.75) is 25.4 Å². The predicted octanol–water partition coefficient (Wildman–Crippen LogP) is 3.92. The molecule has 1 fully saturated rings. The molecule has 0 aliphatic carbocycles. The van der Waals surface area contributed by atoms with Crippen LogP contribution in [-0.2, 0) is 6.54 Å². The first kappa shape index (κ1) is 18.7. The molecule has 1 saturated heterocycles.